The molecule has 6 nitrogen and oxygen atoms in total. The zero-order valence-electron chi connectivity index (χ0n) is 17.8. The van der Waals surface area contributed by atoms with E-state index >= 15 is 0 Å². The number of rotatable bonds is 4. The second kappa shape index (κ2) is 9.35. The van der Waals surface area contributed by atoms with Crippen molar-refractivity contribution in [3.8, 4) is 11.3 Å². The Morgan fingerprint density at radius 2 is 1.65 bits per heavy atom. The van der Waals surface area contributed by atoms with Crippen molar-refractivity contribution in [1.29, 1.82) is 0 Å². The average molecular weight is 436 g/mol. The fourth-order valence-electron chi connectivity index (χ4n) is 3.60. The summed E-state index contributed by atoms with van der Waals surface area (Å²) in [5.74, 6) is 1.28. The van der Waals surface area contributed by atoms with Crippen LogP contribution in [0.1, 0.15) is 25.3 Å². The smallest absolute Gasteiger partial charge is 0.321 e. The van der Waals surface area contributed by atoms with Gasteiger partial charge in [0.2, 0.25) is 0 Å². The van der Waals surface area contributed by atoms with Gasteiger partial charge in [0, 0.05) is 37.4 Å². The lowest BCUT2D eigenvalue weighted by atomic mass is 10.0. The van der Waals surface area contributed by atoms with Crippen LogP contribution in [0.3, 0.4) is 0 Å². The molecule has 2 heterocycles. The van der Waals surface area contributed by atoms with Crippen LogP contribution in [0, 0.1) is 0 Å². The van der Waals surface area contributed by atoms with Gasteiger partial charge in [-0.25, -0.2) is 4.79 Å². The number of carbonyl (C=O) groups excluding carboxylic acids is 1. The summed E-state index contributed by atoms with van der Waals surface area (Å²) in [6, 6.07) is 19.4. The number of amides is 2. The van der Waals surface area contributed by atoms with Crippen molar-refractivity contribution in [2.24, 2.45) is 0 Å². The highest BCUT2D eigenvalue weighted by atomic mass is 35.5. The minimum Gasteiger partial charge on any atom is -0.352 e. The molecule has 0 atom stereocenters. The summed E-state index contributed by atoms with van der Waals surface area (Å²) in [4.78, 5) is 16.6. The third kappa shape index (κ3) is 4.97. The highest BCUT2D eigenvalue weighted by Crippen LogP contribution is 2.26. The number of piperazine rings is 1. The molecule has 1 aliphatic rings. The van der Waals surface area contributed by atoms with E-state index < -0.39 is 0 Å². The third-order valence-corrected chi connectivity index (χ3v) is 5.85. The Bertz CT molecular complexity index is 1030. The van der Waals surface area contributed by atoms with Crippen molar-refractivity contribution in [2.75, 3.05) is 36.4 Å². The summed E-state index contributed by atoms with van der Waals surface area (Å²) >= 11 is 6.25. The number of hydrogen-bond acceptors (Lipinski definition) is 4. The number of carbonyl (C=O) groups is 1. The zero-order chi connectivity index (χ0) is 21.8. The number of benzene rings is 2. The lowest BCUT2D eigenvalue weighted by Crippen LogP contribution is -2.50. The average Bonchev–Trinajstić information content (AvgIpc) is 2.80. The van der Waals surface area contributed by atoms with Crippen LogP contribution in [-0.2, 0) is 0 Å². The maximum atomic E-state index is 12.6. The summed E-state index contributed by atoms with van der Waals surface area (Å²) in [5.41, 5.74) is 3.69. The molecule has 0 unspecified atom stereocenters. The van der Waals surface area contributed by atoms with Crippen molar-refractivity contribution in [3.05, 3.63) is 71.2 Å². The van der Waals surface area contributed by atoms with E-state index in [2.05, 4.69) is 46.4 Å². The van der Waals surface area contributed by atoms with Gasteiger partial charge in [0.25, 0.3) is 0 Å². The van der Waals surface area contributed by atoms with Gasteiger partial charge in [-0.1, -0.05) is 55.8 Å². The standard InChI is InChI=1S/C24H26ClN5O/c1-17(2)18-7-9-19(10-8-18)26-24(31)30-15-13-29(14-16-30)23-12-11-22(27-28-23)20-5-3-4-6-21(20)25/h3-12,17H,13-16H2,1-2H3,(H,26,31). The van der Waals surface area contributed by atoms with Gasteiger partial charge in [-0.05, 0) is 41.8 Å². The maximum Gasteiger partial charge on any atom is 0.321 e. The van der Waals surface area contributed by atoms with Crippen LogP contribution < -0.4 is 10.2 Å². The quantitative estimate of drug-likeness (QED) is 0.606. The Kier molecular flexibility index (Phi) is 6.37. The molecule has 1 fully saturated rings. The number of anilines is 2. The molecule has 3 aromatic rings. The molecule has 31 heavy (non-hydrogen) atoms. The van der Waals surface area contributed by atoms with Gasteiger partial charge in [0.05, 0.1) is 10.7 Å². The summed E-state index contributed by atoms with van der Waals surface area (Å²) in [5, 5.41) is 12.4. The molecule has 2 aromatic carbocycles. The van der Waals surface area contributed by atoms with Gasteiger partial charge in [-0.2, -0.15) is 0 Å². The Morgan fingerprint density at radius 1 is 0.935 bits per heavy atom. The first-order valence-electron chi connectivity index (χ1n) is 10.5. The second-order valence-electron chi connectivity index (χ2n) is 7.94. The molecule has 0 aliphatic carbocycles. The molecule has 2 amide bonds. The van der Waals surface area contributed by atoms with Crippen molar-refractivity contribution in [2.45, 2.75) is 19.8 Å². The monoisotopic (exact) mass is 435 g/mol. The fourth-order valence-corrected chi connectivity index (χ4v) is 3.83. The molecule has 0 bridgehead atoms. The molecule has 0 radical (unpaired) electrons. The summed E-state index contributed by atoms with van der Waals surface area (Å²) < 4.78 is 0. The topological polar surface area (TPSA) is 61.4 Å². The number of aromatic nitrogens is 2. The summed E-state index contributed by atoms with van der Waals surface area (Å²) in [6.45, 7) is 6.98. The molecule has 0 spiro atoms. The number of nitrogens with one attached hydrogen (secondary N) is 1. The first-order chi connectivity index (χ1) is 15.0. The molecule has 1 saturated heterocycles. The van der Waals surface area contributed by atoms with E-state index in [4.69, 9.17) is 11.6 Å². The second-order valence-corrected chi connectivity index (χ2v) is 8.34. The van der Waals surface area contributed by atoms with Gasteiger partial charge in [-0.15, -0.1) is 10.2 Å². The fraction of sp³-hybridized carbons (Fsp3) is 0.292. The van der Waals surface area contributed by atoms with E-state index in [1.807, 2.05) is 53.4 Å². The Morgan fingerprint density at radius 3 is 2.26 bits per heavy atom. The minimum absolute atomic E-state index is 0.0721. The van der Waals surface area contributed by atoms with Gasteiger partial charge >= 0.3 is 6.03 Å². The molecular formula is C24H26ClN5O. The Balaban J connectivity index is 1.33. The highest BCUT2D eigenvalue weighted by molar-refractivity contribution is 6.33. The van der Waals surface area contributed by atoms with Gasteiger partial charge in [0.1, 0.15) is 0 Å². The van der Waals surface area contributed by atoms with Gasteiger partial charge in [0.15, 0.2) is 5.82 Å². The number of halogens is 1. The first-order valence-corrected chi connectivity index (χ1v) is 10.9. The van der Waals surface area contributed by atoms with Crippen molar-refractivity contribution >= 4 is 29.1 Å². The van der Waals surface area contributed by atoms with Crippen molar-refractivity contribution < 1.29 is 4.79 Å². The van der Waals surface area contributed by atoms with Crippen molar-refractivity contribution in [1.82, 2.24) is 15.1 Å². The SMILES string of the molecule is CC(C)c1ccc(NC(=O)N2CCN(c3ccc(-c4ccccc4Cl)nn3)CC2)cc1. The van der Waals surface area contributed by atoms with E-state index in [-0.39, 0.29) is 6.03 Å². The zero-order valence-corrected chi connectivity index (χ0v) is 18.5. The molecule has 1 aliphatic heterocycles. The third-order valence-electron chi connectivity index (χ3n) is 5.52. The highest BCUT2D eigenvalue weighted by Gasteiger charge is 2.22. The molecule has 160 valence electrons. The number of nitrogens with zero attached hydrogens (tertiary/aromatic N) is 4. The molecule has 4 rings (SSSR count). The summed E-state index contributed by atoms with van der Waals surface area (Å²) in [7, 11) is 0. The van der Waals surface area contributed by atoms with Crippen LogP contribution in [0.4, 0.5) is 16.3 Å². The Labute approximate surface area is 187 Å². The first kappa shape index (κ1) is 21.1. The van der Waals surface area contributed by atoms with Crippen molar-refractivity contribution in [3.63, 3.8) is 0 Å². The van der Waals surface area contributed by atoms with Gasteiger partial charge < -0.3 is 15.1 Å². The lowest BCUT2D eigenvalue weighted by molar-refractivity contribution is 0.208. The number of urea groups is 1. The molecular weight excluding hydrogens is 410 g/mol. The van der Waals surface area contributed by atoms with E-state index in [1.165, 1.54) is 5.56 Å². The van der Waals surface area contributed by atoms with Crippen LogP contribution >= 0.6 is 11.6 Å². The van der Waals surface area contributed by atoms with E-state index in [1.54, 1.807) is 0 Å². The Hall–Kier alpha value is -3.12. The van der Waals surface area contributed by atoms with Crippen LogP contribution in [0.25, 0.3) is 11.3 Å². The molecule has 0 saturated carbocycles. The van der Waals surface area contributed by atoms with Crippen LogP contribution in [0.5, 0.6) is 0 Å². The van der Waals surface area contributed by atoms with Crippen LogP contribution in [0.2, 0.25) is 5.02 Å². The molecule has 1 N–H and O–H groups in total. The normalized spacial score (nSPS) is 14.1. The minimum atomic E-state index is -0.0721. The lowest BCUT2D eigenvalue weighted by Gasteiger charge is -2.35. The number of hydrogen-bond donors (Lipinski definition) is 1. The summed E-state index contributed by atoms with van der Waals surface area (Å²) in [6.07, 6.45) is 0. The molecule has 1 aromatic heterocycles. The molecule has 7 heteroatoms. The van der Waals surface area contributed by atoms with E-state index in [9.17, 15) is 4.79 Å². The van der Waals surface area contributed by atoms with Gasteiger partial charge in [-0.3, -0.25) is 0 Å². The predicted octanol–water partition coefficient (Wildman–Crippen LogP) is 5.27. The van der Waals surface area contributed by atoms with Crippen LogP contribution in [-0.4, -0.2) is 47.3 Å². The van der Waals surface area contributed by atoms with Crippen LogP contribution in [0.15, 0.2) is 60.7 Å². The van der Waals surface area contributed by atoms with E-state index in [0.717, 1.165) is 22.8 Å². The predicted molar refractivity (Wildman–Crippen MR) is 126 cm³/mol. The van der Waals surface area contributed by atoms with E-state index in [0.29, 0.717) is 37.1 Å². The maximum absolute atomic E-state index is 12.6. The largest absolute Gasteiger partial charge is 0.352 e.